The molecule has 0 saturated carbocycles. The molecule has 0 atom stereocenters. The molecule has 1 aromatic heterocycles. The first-order valence-electron chi connectivity index (χ1n) is 4.93. The minimum Gasteiger partial charge on any atom is -0.276 e. The Balaban J connectivity index is 2.33. The average Bonchev–Trinajstić information content (AvgIpc) is 2.70. The number of sulfonamides is 1. The van der Waals surface area contributed by atoms with E-state index in [1.807, 2.05) is 0 Å². The SMILES string of the molecule is Cc1ccc(NS(=O)(=O)c2ccc(Cl)s2)c(F)c1. The topological polar surface area (TPSA) is 46.2 Å². The van der Waals surface area contributed by atoms with E-state index in [0.717, 1.165) is 16.9 Å². The number of aryl methyl sites for hydroxylation is 1. The van der Waals surface area contributed by atoms with Gasteiger partial charge in [-0.2, -0.15) is 0 Å². The summed E-state index contributed by atoms with van der Waals surface area (Å²) in [5.74, 6) is -0.610. The molecular weight excluding hydrogens is 297 g/mol. The molecule has 0 spiro atoms. The lowest BCUT2D eigenvalue weighted by Gasteiger charge is -2.07. The van der Waals surface area contributed by atoms with Gasteiger partial charge in [0.15, 0.2) is 0 Å². The van der Waals surface area contributed by atoms with E-state index in [1.54, 1.807) is 13.0 Å². The molecule has 0 aliphatic carbocycles. The van der Waals surface area contributed by atoms with Crippen molar-refractivity contribution in [3.8, 4) is 0 Å². The Labute approximate surface area is 113 Å². The summed E-state index contributed by atoms with van der Waals surface area (Å²) in [6, 6.07) is 7.13. The lowest BCUT2D eigenvalue weighted by atomic mass is 10.2. The van der Waals surface area contributed by atoms with Crippen molar-refractivity contribution in [3.63, 3.8) is 0 Å². The van der Waals surface area contributed by atoms with Gasteiger partial charge in [0, 0.05) is 0 Å². The normalized spacial score (nSPS) is 11.5. The van der Waals surface area contributed by atoms with E-state index in [2.05, 4.69) is 4.72 Å². The highest BCUT2D eigenvalue weighted by Crippen LogP contribution is 2.28. The van der Waals surface area contributed by atoms with E-state index in [0.29, 0.717) is 4.34 Å². The van der Waals surface area contributed by atoms with Crippen molar-refractivity contribution in [2.24, 2.45) is 0 Å². The monoisotopic (exact) mass is 305 g/mol. The van der Waals surface area contributed by atoms with Crippen LogP contribution in [0.5, 0.6) is 0 Å². The van der Waals surface area contributed by atoms with E-state index in [4.69, 9.17) is 11.6 Å². The standard InChI is InChI=1S/C11H9ClFNO2S2/c1-7-2-3-9(8(13)6-7)14-18(15,16)11-5-4-10(12)17-11/h2-6,14H,1H3. The Morgan fingerprint density at radius 2 is 2.00 bits per heavy atom. The van der Waals surface area contributed by atoms with Crippen molar-refractivity contribution in [2.45, 2.75) is 11.1 Å². The number of thiophene rings is 1. The summed E-state index contributed by atoms with van der Waals surface area (Å²) in [6.45, 7) is 1.72. The first-order chi connectivity index (χ1) is 8.38. The molecule has 0 aliphatic heterocycles. The van der Waals surface area contributed by atoms with Crippen LogP contribution >= 0.6 is 22.9 Å². The van der Waals surface area contributed by atoms with Gasteiger partial charge in [-0.05, 0) is 36.8 Å². The predicted octanol–water partition coefficient (Wildman–Crippen LogP) is 3.65. The number of hydrogen-bond donors (Lipinski definition) is 1. The lowest BCUT2D eigenvalue weighted by Crippen LogP contribution is -2.12. The summed E-state index contributed by atoms with van der Waals surface area (Å²) in [6.07, 6.45) is 0. The quantitative estimate of drug-likeness (QED) is 0.941. The van der Waals surface area contributed by atoms with Crippen LogP contribution in [0.25, 0.3) is 0 Å². The van der Waals surface area contributed by atoms with E-state index >= 15 is 0 Å². The van der Waals surface area contributed by atoms with E-state index in [9.17, 15) is 12.8 Å². The van der Waals surface area contributed by atoms with Crippen LogP contribution in [0.2, 0.25) is 4.34 Å². The van der Waals surface area contributed by atoms with Gasteiger partial charge in [-0.1, -0.05) is 17.7 Å². The fourth-order valence-corrected chi connectivity index (χ4v) is 3.89. The molecule has 0 bridgehead atoms. The molecule has 0 radical (unpaired) electrons. The molecular formula is C11H9ClFNO2S2. The van der Waals surface area contributed by atoms with Gasteiger partial charge in [0.05, 0.1) is 10.0 Å². The molecule has 96 valence electrons. The van der Waals surface area contributed by atoms with Gasteiger partial charge in [0.1, 0.15) is 10.0 Å². The van der Waals surface area contributed by atoms with Gasteiger partial charge in [0.25, 0.3) is 10.0 Å². The van der Waals surface area contributed by atoms with Gasteiger partial charge >= 0.3 is 0 Å². The highest BCUT2D eigenvalue weighted by molar-refractivity contribution is 7.94. The number of rotatable bonds is 3. The van der Waals surface area contributed by atoms with Crippen LogP contribution in [0.1, 0.15) is 5.56 Å². The summed E-state index contributed by atoms with van der Waals surface area (Å²) in [5, 5.41) is 0. The van der Waals surface area contributed by atoms with Crippen LogP contribution < -0.4 is 4.72 Å². The minimum atomic E-state index is -3.78. The number of anilines is 1. The van der Waals surface area contributed by atoms with Crippen LogP contribution in [0, 0.1) is 12.7 Å². The fourth-order valence-electron chi connectivity index (χ4n) is 1.34. The van der Waals surface area contributed by atoms with Crippen LogP contribution in [0.3, 0.4) is 0 Å². The van der Waals surface area contributed by atoms with Crippen molar-refractivity contribution in [3.05, 3.63) is 46.0 Å². The summed E-state index contributed by atoms with van der Waals surface area (Å²) in [7, 11) is -3.78. The molecule has 1 N–H and O–H groups in total. The van der Waals surface area contributed by atoms with E-state index in [1.165, 1.54) is 24.3 Å². The predicted molar refractivity (Wildman–Crippen MR) is 71.3 cm³/mol. The van der Waals surface area contributed by atoms with Gasteiger partial charge in [-0.3, -0.25) is 4.72 Å². The smallest absolute Gasteiger partial charge is 0.271 e. The van der Waals surface area contributed by atoms with Crippen molar-refractivity contribution < 1.29 is 12.8 Å². The molecule has 0 amide bonds. The number of nitrogens with one attached hydrogen (secondary N) is 1. The Morgan fingerprint density at radius 1 is 1.28 bits per heavy atom. The highest BCUT2D eigenvalue weighted by atomic mass is 35.5. The third-order valence-electron chi connectivity index (χ3n) is 2.18. The van der Waals surface area contributed by atoms with Gasteiger partial charge in [-0.25, -0.2) is 12.8 Å². The first-order valence-corrected chi connectivity index (χ1v) is 7.60. The molecule has 1 aromatic carbocycles. The third-order valence-corrected chi connectivity index (χ3v) is 5.27. The molecule has 1 heterocycles. The Hall–Kier alpha value is -1.11. The largest absolute Gasteiger partial charge is 0.276 e. The van der Waals surface area contributed by atoms with E-state index < -0.39 is 15.8 Å². The zero-order chi connectivity index (χ0) is 13.3. The number of benzene rings is 1. The zero-order valence-electron chi connectivity index (χ0n) is 9.28. The van der Waals surface area contributed by atoms with Crippen LogP contribution in [-0.4, -0.2) is 8.42 Å². The van der Waals surface area contributed by atoms with Crippen molar-refractivity contribution in [1.29, 1.82) is 0 Å². The maximum Gasteiger partial charge on any atom is 0.271 e. The maximum absolute atomic E-state index is 13.6. The van der Waals surface area contributed by atoms with Crippen molar-refractivity contribution >= 4 is 38.6 Å². The highest BCUT2D eigenvalue weighted by Gasteiger charge is 2.18. The molecule has 0 saturated heterocycles. The average molecular weight is 306 g/mol. The van der Waals surface area contributed by atoms with Crippen molar-refractivity contribution in [1.82, 2.24) is 0 Å². The Bertz CT molecular complexity index is 682. The van der Waals surface area contributed by atoms with Crippen LogP contribution in [0.15, 0.2) is 34.5 Å². The second kappa shape index (κ2) is 4.87. The molecule has 2 rings (SSSR count). The second-order valence-corrected chi connectivity index (χ2v) is 7.27. The summed E-state index contributed by atoms with van der Waals surface area (Å²) >= 11 is 6.59. The fraction of sp³-hybridized carbons (Fsp3) is 0.0909. The lowest BCUT2D eigenvalue weighted by molar-refractivity contribution is 0.600. The molecule has 7 heteroatoms. The van der Waals surface area contributed by atoms with Gasteiger partial charge in [0.2, 0.25) is 0 Å². The summed E-state index contributed by atoms with van der Waals surface area (Å²) in [4.78, 5) is 0. The van der Waals surface area contributed by atoms with Crippen LogP contribution in [-0.2, 0) is 10.0 Å². The van der Waals surface area contributed by atoms with Crippen molar-refractivity contribution in [2.75, 3.05) is 4.72 Å². The molecule has 0 aliphatic rings. The molecule has 0 unspecified atom stereocenters. The zero-order valence-corrected chi connectivity index (χ0v) is 11.7. The number of halogens is 2. The minimum absolute atomic E-state index is 0.0486. The summed E-state index contributed by atoms with van der Waals surface area (Å²) < 4.78 is 40.0. The Kier molecular flexibility index (Phi) is 3.61. The van der Waals surface area contributed by atoms with E-state index in [-0.39, 0.29) is 9.90 Å². The number of hydrogen-bond acceptors (Lipinski definition) is 3. The maximum atomic E-state index is 13.6. The van der Waals surface area contributed by atoms with Crippen LogP contribution in [0.4, 0.5) is 10.1 Å². The van der Waals surface area contributed by atoms with Gasteiger partial charge < -0.3 is 0 Å². The third kappa shape index (κ3) is 2.82. The summed E-state index contributed by atoms with van der Waals surface area (Å²) in [5.41, 5.74) is 0.639. The Morgan fingerprint density at radius 3 is 2.56 bits per heavy atom. The second-order valence-electron chi connectivity index (χ2n) is 3.65. The molecule has 2 aromatic rings. The molecule has 18 heavy (non-hydrogen) atoms. The molecule has 0 fully saturated rings. The first kappa shape index (κ1) is 13.3. The molecule has 3 nitrogen and oxygen atoms in total. The van der Waals surface area contributed by atoms with Gasteiger partial charge in [-0.15, -0.1) is 11.3 Å².